The van der Waals surface area contributed by atoms with E-state index in [1.165, 1.54) is 0 Å². The van der Waals surface area contributed by atoms with Gasteiger partial charge in [0.1, 0.15) is 11.9 Å². The summed E-state index contributed by atoms with van der Waals surface area (Å²) in [5, 5.41) is 4.10. The van der Waals surface area contributed by atoms with Crippen molar-refractivity contribution in [3.8, 4) is 0 Å². The second-order valence-electron chi connectivity index (χ2n) is 3.43. The van der Waals surface area contributed by atoms with Gasteiger partial charge in [-0.1, -0.05) is 0 Å². The van der Waals surface area contributed by atoms with Crippen molar-refractivity contribution in [3.05, 3.63) is 36.2 Å². The van der Waals surface area contributed by atoms with E-state index >= 15 is 0 Å². The summed E-state index contributed by atoms with van der Waals surface area (Å²) in [6.07, 6.45) is 5.45. The Labute approximate surface area is 88.5 Å². The minimum Gasteiger partial charge on any atom is -0.334 e. The van der Waals surface area contributed by atoms with Crippen molar-refractivity contribution in [1.82, 2.24) is 19.3 Å². The first-order valence-electron chi connectivity index (χ1n) is 4.98. The lowest BCUT2D eigenvalue weighted by molar-refractivity contribution is 0.609. The van der Waals surface area contributed by atoms with Gasteiger partial charge in [-0.25, -0.2) is 4.98 Å². The predicted octanol–water partition coefficient (Wildman–Crippen LogP) is 0.685. The second-order valence-corrected chi connectivity index (χ2v) is 3.43. The number of aromatic nitrogens is 4. The molecule has 0 aliphatic carbocycles. The molecule has 2 heterocycles. The van der Waals surface area contributed by atoms with Gasteiger partial charge in [-0.3, -0.25) is 4.68 Å². The van der Waals surface area contributed by atoms with Gasteiger partial charge in [0.25, 0.3) is 0 Å². The number of aryl methyl sites for hydroxylation is 2. The molecule has 1 atom stereocenters. The molecule has 0 saturated heterocycles. The van der Waals surface area contributed by atoms with Gasteiger partial charge < -0.3 is 10.3 Å². The van der Waals surface area contributed by atoms with Crippen molar-refractivity contribution in [3.63, 3.8) is 0 Å². The number of imidazole rings is 1. The van der Waals surface area contributed by atoms with E-state index in [0.717, 1.165) is 18.1 Å². The van der Waals surface area contributed by atoms with Crippen molar-refractivity contribution in [2.45, 2.75) is 19.5 Å². The minimum absolute atomic E-state index is 0.215. The third-order valence-electron chi connectivity index (χ3n) is 2.54. The van der Waals surface area contributed by atoms with E-state index in [1.54, 1.807) is 17.1 Å². The number of hydrogen-bond donors (Lipinski definition) is 1. The van der Waals surface area contributed by atoms with Gasteiger partial charge in [0.05, 0.1) is 5.69 Å². The van der Waals surface area contributed by atoms with E-state index in [4.69, 9.17) is 5.73 Å². The maximum Gasteiger partial charge on any atom is 0.131 e. The third-order valence-corrected chi connectivity index (χ3v) is 2.54. The predicted molar refractivity (Wildman–Crippen MR) is 57.1 cm³/mol. The first-order chi connectivity index (χ1) is 7.24. The molecule has 0 spiro atoms. The first kappa shape index (κ1) is 9.92. The molecule has 0 amide bonds. The number of nitrogens with two attached hydrogens (primary N) is 1. The molecular formula is C10H15N5. The molecule has 1 unspecified atom stereocenters. The van der Waals surface area contributed by atoms with Crippen molar-refractivity contribution in [1.29, 1.82) is 0 Å². The van der Waals surface area contributed by atoms with Crippen molar-refractivity contribution in [2.24, 2.45) is 12.8 Å². The lowest BCUT2D eigenvalue weighted by atomic mass is 10.2. The molecule has 5 nitrogen and oxygen atoms in total. The van der Waals surface area contributed by atoms with Crippen LogP contribution in [-0.2, 0) is 13.6 Å². The first-order valence-corrected chi connectivity index (χ1v) is 4.98. The average molecular weight is 205 g/mol. The minimum atomic E-state index is -0.215. The highest BCUT2D eigenvalue weighted by atomic mass is 15.3. The summed E-state index contributed by atoms with van der Waals surface area (Å²) in [5.41, 5.74) is 7.11. The number of hydrogen-bond acceptors (Lipinski definition) is 3. The third kappa shape index (κ3) is 1.66. The number of nitrogens with zero attached hydrogens (tertiary/aromatic N) is 4. The summed E-state index contributed by atoms with van der Waals surface area (Å²) < 4.78 is 3.82. The number of rotatable bonds is 3. The highest BCUT2D eigenvalue weighted by Crippen LogP contribution is 2.16. The summed E-state index contributed by atoms with van der Waals surface area (Å²) in [6, 6.07) is 1.70. The second kappa shape index (κ2) is 3.86. The molecule has 15 heavy (non-hydrogen) atoms. The molecule has 2 aromatic rings. The quantitative estimate of drug-likeness (QED) is 0.801. The zero-order chi connectivity index (χ0) is 10.8. The van der Waals surface area contributed by atoms with Gasteiger partial charge in [0, 0.05) is 32.2 Å². The summed E-state index contributed by atoms with van der Waals surface area (Å²) in [7, 11) is 1.88. The Morgan fingerprint density at radius 2 is 2.27 bits per heavy atom. The molecule has 80 valence electrons. The molecule has 0 bridgehead atoms. The lowest BCUT2D eigenvalue weighted by Gasteiger charge is -2.13. The largest absolute Gasteiger partial charge is 0.334 e. The van der Waals surface area contributed by atoms with Gasteiger partial charge in [-0.05, 0) is 13.0 Å². The molecule has 2 rings (SSSR count). The van der Waals surface area contributed by atoms with E-state index in [9.17, 15) is 0 Å². The lowest BCUT2D eigenvalue weighted by Crippen LogP contribution is -2.20. The smallest absolute Gasteiger partial charge is 0.131 e. The Morgan fingerprint density at radius 1 is 1.47 bits per heavy atom. The summed E-state index contributed by atoms with van der Waals surface area (Å²) in [5.74, 6) is 0.876. The van der Waals surface area contributed by atoms with Gasteiger partial charge in [0.2, 0.25) is 0 Å². The Morgan fingerprint density at radius 3 is 2.87 bits per heavy atom. The topological polar surface area (TPSA) is 61.7 Å². The van der Waals surface area contributed by atoms with Crippen LogP contribution in [0.4, 0.5) is 0 Å². The molecule has 0 aliphatic rings. The van der Waals surface area contributed by atoms with Crippen molar-refractivity contribution >= 4 is 0 Å². The molecular weight excluding hydrogens is 190 g/mol. The zero-order valence-corrected chi connectivity index (χ0v) is 8.96. The molecule has 0 aliphatic heterocycles. The normalized spacial score (nSPS) is 13.0. The van der Waals surface area contributed by atoms with Crippen LogP contribution in [0.15, 0.2) is 24.7 Å². The zero-order valence-electron chi connectivity index (χ0n) is 8.96. The van der Waals surface area contributed by atoms with Gasteiger partial charge in [-0.15, -0.1) is 0 Å². The van der Waals surface area contributed by atoms with Crippen LogP contribution in [0, 0.1) is 0 Å². The van der Waals surface area contributed by atoms with Crippen LogP contribution in [0.25, 0.3) is 0 Å². The van der Waals surface area contributed by atoms with Crippen molar-refractivity contribution < 1.29 is 0 Å². The van der Waals surface area contributed by atoms with Crippen LogP contribution in [0.1, 0.15) is 24.5 Å². The highest BCUT2D eigenvalue weighted by Gasteiger charge is 2.16. The Balaban J connectivity index is 2.36. The molecule has 0 aromatic carbocycles. The maximum absolute atomic E-state index is 6.14. The van der Waals surface area contributed by atoms with E-state index in [0.29, 0.717) is 0 Å². The van der Waals surface area contributed by atoms with Crippen LogP contribution in [0.3, 0.4) is 0 Å². The fourth-order valence-electron chi connectivity index (χ4n) is 1.69. The van der Waals surface area contributed by atoms with Crippen LogP contribution >= 0.6 is 0 Å². The molecule has 0 fully saturated rings. The maximum atomic E-state index is 6.14. The van der Waals surface area contributed by atoms with E-state index in [1.807, 2.05) is 23.9 Å². The summed E-state index contributed by atoms with van der Waals surface area (Å²) in [4.78, 5) is 4.28. The average Bonchev–Trinajstić information content (AvgIpc) is 2.84. The SMILES string of the molecule is CCn1ccnc1C(N)c1ccnn1C. The van der Waals surface area contributed by atoms with Gasteiger partial charge in [-0.2, -0.15) is 5.10 Å². The fraction of sp³-hybridized carbons (Fsp3) is 0.400. The Kier molecular flexibility index (Phi) is 2.55. The van der Waals surface area contributed by atoms with Crippen LogP contribution in [0.5, 0.6) is 0 Å². The van der Waals surface area contributed by atoms with E-state index < -0.39 is 0 Å². The molecule has 2 aromatic heterocycles. The van der Waals surface area contributed by atoms with E-state index in [2.05, 4.69) is 17.0 Å². The standard InChI is InChI=1S/C10H15N5/c1-3-15-7-6-12-10(15)9(11)8-4-5-13-14(8)2/h4-7,9H,3,11H2,1-2H3. The molecule has 0 radical (unpaired) electrons. The summed E-state index contributed by atoms with van der Waals surface area (Å²) >= 11 is 0. The molecule has 2 N–H and O–H groups in total. The monoisotopic (exact) mass is 205 g/mol. The molecule has 0 saturated carbocycles. The van der Waals surface area contributed by atoms with Crippen LogP contribution in [-0.4, -0.2) is 19.3 Å². The Bertz CT molecular complexity index is 442. The van der Waals surface area contributed by atoms with Gasteiger partial charge >= 0.3 is 0 Å². The molecule has 5 heteroatoms. The van der Waals surface area contributed by atoms with Crippen LogP contribution in [0.2, 0.25) is 0 Å². The highest BCUT2D eigenvalue weighted by molar-refractivity contribution is 5.16. The fourth-order valence-corrected chi connectivity index (χ4v) is 1.69. The van der Waals surface area contributed by atoms with Crippen LogP contribution < -0.4 is 5.73 Å². The Hall–Kier alpha value is -1.62. The van der Waals surface area contributed by atoms with Gasteiger partial charge in [0.15, 0.2) is 0 Å². The van der Waals surface area contributed by atoms with Crippen molar-refractivity contribution in [2.75, 3.05) is 0 Å². The van der Waals surface area contributed by atoms with E-state index in [-0.39, 0.29) is 6.04 Å². The summed E-state index contributed by atoms with van der Waals surface area (Å²) in [6.45, 7) is 2.95.